The first-order valence-electron chi connectivity index (χ1n) is 7.26. The van der Waals surface area contributed by atoms with Gasteiger partial charge in [-0.1, -0.05) is 0 Å². The molecule has 0 aliphatic carbocycles. The van der Waals surface area contributed by atoms with Gasteiger partial charge in [-0.15, -0.1) is 0 Å². The molecular weight excluding hydrogens is 336 g/mol. The highest BCUT2D eigenvalue weighted by atomic mass is 32.2. The number of methoxy groups -OCH3 is 2. The average Bonchev–Trinajstić information content (AvgIpc) is 2.59. The highest BCUT2D eigenvalue weighted by Gasteiger charge is 2.39. The van der Waals surface area contributed by atoms with E-state index < -0.39 is 22.0 Å². The number of carbonyl (C=O) groups excluding carboxylic acids is 2. The number of piperazine rings is 1. The van der Waals surface area contributed by atoms with Gasteiger partial charge in [0.2, 0.25) is 10.0 Å². The molecule has 1 heterocycles. The minimum Gasteiger partial charge on any atom is -0.497 e. The van der Waals surface area contributed by atoms with Crippen LogP contribution in [0, 0.1) is 0 Å². The summed E-state index contributed by atoms with van der Waals surface area (Å²) in [7, 11) is -0.724. The molecule has 1 amide bonds. The molecule has 1 saturated heterocycles. The van der Waals surface area contributed by atoms with Crippen LogP contribution in [0.1, 0.15) is 10.4 Å². The van der Waals surface area contributed by atoms with Crippen molar-refractivity contribution in [2.75, 3.05) is 40.1 Å². The van der Waals surface area contributed by atoms with Gasteiger partial charge in [0.1, 0.15) is 11.8 Å². The highest BCUT2D eigenvalue weighted by Crippen LogP contribution is 2.19. The largest absolute Gasteiger partial charge is 0.497 e. The van der Waals surface area contributed by atoms with Crippen molar-refractivity contribution in [2.24, 2.45) is 0 Å². The summed E-state index contributed by atoms with van der Waals surface area (Å²) in [5.74, 6) is -0.399. The summed E-state index contributed by atoms with van der Waals surface area (Å²) < 4.78 is 34.4. The number of sulfonamides is 1. The Balaban J connectivity index is 2.26. The van der Waals surface area contributed by atoms with Crippen LogP contribution in [0.2, 0.25) is 0 Å². The van der Waals surface area contributed by atoms with E-state index in [1.54, 1.807) is 24.3 Å². The van der Waals surface area contributed by atoms with Crippen molar-refractivity contribution in [1.29, 1.82) is 0 Å². The predicted molar refractivity (Wildman–Crippen MR) is 86.3 cm³/mol. The van der Waals surface area contributed by atoms with Gasteiger partial charge in [0, 0.05) is 25.2 Å². The SMILES string of the molecule is COC(=O)[C@H]1CN(S(C)(=O)=O)CCN1C(=O)c1ccc(OC)cc1. The van der Waals surface area contributed by atoms with E-state index >= 15 is 0 Å². The second-order valence-electron chi connectivity index (χ2n) is 5.39. The molecule has 1 aliphatic heterocycles. The molecule has 132 valence electrons. The minimum absolute atomic E-state index is 0.109. The Morgan fingerprint density at radius 3 is 2.25 bits per heavy atom. The van der Waals surface area contributed by atoms with Crippen molar-refractivity contribution in [3.63, 3.8) is 0 Å². The van der Waals surface area contributed by atoms with Gasteiger partial charge in [-0.05, 0) is 24.3 Å². The van der Waals surface area contributed by atoms with E-state index in [0.717, 1.165) is 6.26 Å². The fraction of sp³-hybridized carbons (Fsp3) is 0.467. The van der Waals surface area contributed by atoms with E-state index in [4.69, 9.17) is 9.47 Å². The Morgan fingerprint density at radius 1 is 1.12 bits per heavy atom. The normalized spacial score (nSPS) is 19.0. The summed E-state index contributed by atoms with van der Waals surface area (Å²) in [6, 6.07) is 5.50. The molecule has 1 aromatic rings. The van der Waals surface area contributed by atoms with E-state index in [1.807, 2.05) is 0 Å². The standard InChI is InChI=1S/C15H20N2O6S/c1-22-12-6-4-11(5-7-12)14(18)17-9-8-16(24(3,20)21)10-13(17)15(19)23-2/h4-7,13H,8-10H2,1-3H3/t13-/m1/s1. The maximum absolute atomic E-state index is 12.7. The molecule has 1 atom stereocenters. The number of benzene rings is 1. The van der Waals surface area contributed by atoms with Crippen LogP contribution in [0.15, 0.2) is 24.3 Å². The van der Waals surface area contributed by atoms with Crippen LogP contribution in [0.4, 0.5) is 0 Å². The lowest BCUT2D eigenvalue weighted by molar-refractivity contribution is -0.147. The molecule has 0 unspecified atom stereocenters. The molecule has 1 aliphatic rings. The summed E-state index contributed by atoms with van der Waals surface area (Å²) in [6.45, 7) is 0.124. The van der Waals surface area contributed by atoms with Crippen LogP contribution in [-0.4, -0.2) is 75.7 Å². The Labute approximate surface area is 141 Å². The van der Waals surface area contributed by atoms with E-state index in [2.05, 4.69) is 0 Å². The Morgan fingerprint density at radius 2 is 1.75 bits per heavy atom. The van der Waals surface area contributed by atoms with Gasteiger partial charge in [-0.25, -0.2) is 13.2 Å². The van der Waals surface area contributed by atoms with E-state index in [-0.39, 0.29) is 25.5 Å². The summed E-state index contributed by atoms with van der Waals surface area (Å²) in [5.41, 5.74) is 0.387. The molecule has 0 spiro atoms. The summed E-state index contributed by atoms with van der Waals surface area (Å²) >= 11 is 0. The first-order valence-corrected chi connectivity index (χ1v) is 9.10. The van der Waals surface area contributed by atoms with E-state index in [1.165, 1.54) is 23.4 Å². The van der Waals surface area contributed by atoms with Crippen molar-refractivity contribution < 1.29 is 27.5 Å². The molecule has 1 fully saturated rings. The molecule has 0 N–H and O–H groups in total. The summed E-state index contributed by atoms with van der Waals surface area (Å²) in [6.07, 6.45) is 1.07. The molecular formula is C15H20N2O6S. The highest BCUT2D eigenvalue weighted by molar-refractivity contribution is 7.88. The monoisotopic (exact) mass is 356 g/mol. The third-order valence-electron chi connectivity index (χ3n) is 3.88. The molecule has 24 heavy (non-hydrogen) atoms. The van der Waals surface area contributed by atoms with Crippen LogP contribution in [-0.2, 0) is 19.6 Å². The molecule has 0 aromatic heterocycles. The van der Waals surface area contributed by atoms with Crippen molar-refractivity contribution in [1.82, 2.24) is 9.21 Å². The maximum atomic E-state index is 12.7. The number of amides is 1. The van der Waals surface area contributed by atoms with Crippen LogP contribution in [0.25, 0.3) is 0 Å². The lowest BCUT2D eigenvalue weighted by Crippen LogP contribution is -2.59. The van der Waals surface area contributed by atoms with Gasteiger partial charge in [0.15, 0.2) is 0 Å². The maximum Gasteiger partial charge on any atom is 0.329 e. The van der Waals surface area contributed by atoms with Gasteiger partial charge in [-0.3, -0.25) is 4.79 Å². The van der Waals surface area contributed by atoms with Gasteiger partial charge in [0.05, 0.1) is 20.5 Å². The molecule has 0 radical (unpaired) electrons. The molecule has 9 heteroatoms. The second kappa shape index (κ2) is 7.18. The first kappa shape index (κ1) is 18.2. The van der Waals surface area contributed by atoms with E-state index in [9.17, 15) is 18.0 Å². The third kappa shape index (κ3) is 3.85. The summed E-state index contributed by atoms with van der Waals surface area (Å²) in [4.78, 5) is 26.1. The molecule has 1 aromatic carbocycles. The van der Waals surface area contributed by atoms with Gasteiger partial charge >= 0.3 is 5.97 Å². The van der Waals surface area contributed by atoms with Crippen molar-refractivity contribution in [2.45, 2.75) is 6.04 Å². The number of nitrogens with zero attached hydrogens (tertiary/aromatic N) is 2. The average molecular weight is 356 g/mol. The number of hydrogen-bond acceptors (Lipinski definition) is 6. The zero-order valence-electron chi connectivity index (χ0n) is 13.8. The molecule has 0 saturated carbocycles. The van der Waals surface area contributed by atoms with Crippen LogP contribution in [0.3, 0.4) is 0 Å². The fourth-order valence-electron chi connectivity index (χ4n) is 2.54. The summed E-state index contributed by atoms with van der Waals surface area (Å²) in [5, 5.41) is 0. The molecule has 8 nitrogen and oxygen atoms in total. The quantitative estimate of drug-likeness (QED) is 0.703. The van der Waals surface area contributed by atoms with Gasteiger partial charge in [0.25, 0.3) is 5.91 Å². The van der Waals surface area contributed by atoms with Crippen LogP contribution >= 0.6 is 0 Å². The first-order chi connectivity index (χ1) is 11.3. The lowest BCUT2D eigenvalue weighted by Gasteiger charge is -2.38. The number of rotatable bonds is 4. The Bertz CT molecular complexity index is 716. The third-order valence-corrected chi connectivity index (χ3v) is 5.15. The van der Waals surface area contributed by atoms with Gasteiger partial charge in [-0.2, -0.15) is 4.31 Å². The number of ether oxygens (including phenoxy) is 2. The zero-order chi connectivity index (χ0) is 17.9. The number of carbonyl (C=O) groups is 2. The lowest BCUT2D eigenvalue weighted by atomic mass is 10.1. The van der Waals surface area contributed by atoms with Crippen LogP contribution < -0.4 is 4.74 Å². The smallest absolute Gasteiger partial charge is 0.329 e. The van der Waals surface area contributed by atoms with Crippen LogP contribution in [0.5, 0.6) is 5.75 Å². The zero-order valence-corrected chi connectivity index (χ0v) is 14.6. The fourth-order valence-corrected chi connectivity index (χ4v) is 3.36. The molecule has 0 bridgehead atoms. The predicted octanol–water partition coefficient (Wildman–Crippen LogP) is -0.0458. The van der Waals surface area contributed by atoms with Crippen molar-refractivity contribution in [3.05, 3.63) is 29.8 Å². The minimum atomic E-state index is -3.45. The number of esters is 1. The molecule has 2 rings (SSSR count). The number of hydrogen-bond donors (Lipinski definition) is 0. The second-order valence-corrected chi connectivity index (χ2v) is 7.37. The van der Waals surface area contributed by atoms with E-state index in [0.29, 0.717) is 11.3 Å². The van der Waals surface area contributed by atoms with Crippen molar-refractivity contribution in [3.8, 4) is 5.75 Å². The Kier molecular flexibility index (Phi) is 5.45. The Hall–Kier alpha value is -2.13. The topological polar surface area (TPSA) is 93.2 Å². The van der Waals surface area contributed by atoms with Gasteiger partial charge < -0.3 is 14.4 Å². The van der Waals surface area contributed by atoms with Crippen molar-refractivity contribution >= 4 is 21.9 Å².